The molecule has 2 N–H and O–H groups in total. The number of hydrogen-bond acceptors (Lipinski definition) is 3. The van der Waals surface area contributed by atoms with Crippen molar-refractivity contribution in [1.82, 2.24) is 5.01 Å². The molecule has 0 bridgehead atoms. The van der Waals surface area contributed by atoms with Crippen molar-refractivity contribution in [1.29, 1.82) is 0 Å². The number of amides is 1. The van der Waals surface area contributed by atoms with E-state index in [1.54, 1.807) is 12.1 Å². The zero-order valence-electron chi connectivity index (χ0n) is 8.66. The van der Waals surface area contributed by atoms with Gasteiger partial charge in [0.15, 0.2) is 0 Å². The minimum absolute atomic E-state index is 0.292. The highest BCUT2D eigenvalue weighted by molar-refractivity contribution is 6.32. The van der Waals surface area contributed by atoms with Gasteiger partial charge in [-0.2, -0.15) is 0 Å². The van der Waals surface area contributed by atoms with Gasteiger partial charge in [-0.1, -0.05) is 11.6 Å². The van der Waals surface area contributed by atoms with Crippen molar-refractivity contribution in [3.05, 3.63) is 28.8 Å². The molecule has 0 aliphatic heterocycles. The summed E-state index contributed by atoms with van der Waals surface area (Å²) in [4.78, 5) is 11.5. The molecule has 0 saturated heterocycles. The molecule has 0 aliphatic carbocycles. The van der Waals surface area contributed by atoms with Crippen LogP contribution in [0, 0.1) is 0 Å². The van der Waals surface area contributed by atoms with Gasteiger partial charge >= 0.3 is 0 Å². The van der Waals surface area contributed by atoms with E-state index in [9.17, 15) is 4.79 Å². The lowest BCUT2D eigenvalue weighted by Gasteiger charge is -2.11. The fourth-order valence-electron chi connectivity index (χ4n) is 1.11. The Morgan fingerprint density at radius 1 is 1.60 bits per heavy atom. The first-order chi connectivity index (χ1) is 7.06. The lowest BCUT2D eigenvalue weighted by atomic mass is 10.2. The topological polar surface area (TPSA) is 55.6 Å². The van der Waals surface area contributed by atoms with Crippen LogP contribution < -0.4 is 10.6 Å². The summed E-state index contributed by atoms with van der Waals surface area (Å²) in [5, 5.41) is 1.41. The van der Waals surface area contributed by atoms with E-state index in [4.69, 9.17) is 22.2 Å². The summed E-state index contributed by atoms with van der Waals surface area (Å²) in [7, 11) is 1.48. The third kappa shape index (κ3) is 2.84. The maximum atomic E-state index is 11.5. The van der Waals surface area contributed by atoms with Crippen LogP contribution in [-0.4, -0.2) is 24.6 Å². The van der Waals surface area contributed by atoms with E-state index >= 15 is 0 Å². The number of ether oxygens (including phenoxy) is 1. The third-order valence-corrected chi connectivity index (χ3v) is 2.09. The number of hydrogen-bond donors (Lipinski definition) is 1. The predicted octanol–water partition coefficient (Wildman–Crippen LogP) is 1.68. The smallest absolute Gasteiger partial charge is 0.267 e. The largest absolute Gasteiger partial charge is 0.492 e. The number of halogens is 1. The maximum absolute atomic E-state index is 11.5. The summed E-state index contributed by atoms with van der Waals surface area (Å²) >= 11 is 5.92. The quantitative estimate of drug-likeness (QED) is 0.487. The van der Waals surface area contributed by atoms with Gasteiger partial charge in [-0.05, 0) is 25.1 Å². The minimum Gasteiger partial charge on any atom is -0.492 e. The van der Waals surface area contributed by atoms with Crippen LogP contribution in [-0.2, 0) is 0 Å². The first-order valence-electron chi connectivity index (χ1n) is 4.51. The molecule has 0 fully saturated rings. The zero-order valence-corrected chi connectivity index (χ0v) is 9.41. The molecule has 0 atom stereocenters. The van der Waals surface area contributed by atoms with Gasteiger partial charge < -0.3 is 4.74 Å². The van der Waals surface area contributed by atoms with Gasteiger partial charge in [-0.15, -0.1) is 0 Å². The van der Waals surface area contributed by atoms with Crippen LogP contribution in [0.25, 0.3) is 0 Å². The Morgan fingerprint density at radius 2 is 2.27 bits per heavy atom. The summed E-state index contributed by atoms with van der Waals surface area (Å²) in [5.74, 6) is 5.60. The van der Waals surface area contributed by atoms with Crippen molar-refractivity contribution in [2.45, 2.75) is 6.92 Å². The number of carbonyl (C=O) groups is 1. The highest BCUT2D eigenvalue weighted by atomic mass is 35.5. The summed E-state index contributed by atoms with van der Waals surface area (Å²) in [5.41, 5.74) is 0.438. The molecule has 82 valence electrons. The SMILES string of the molecule is CCOc1ccc(C(=O)N(C)N)cc1Cl. The highest BCUT2D eigenvalue weighted by Gasteiger charge is 2.10. The van der Waals surface area contributed by atoms with E-state index < -0.39 is 0 Å². The Morgan fingerprint density at radius 3 is 2.73 bits per heavy atom. The van der Waals surface area contributed by atoms with Gasteiger partial charge in [-0.25, -0.2) is 5.84 Å². The van der Waals surface area contributed by atoms with Gasteiger partial charge in [0.1, 0.15) is 5.75 Å². The van der Waals surface area contributed by atoms with Gasteiger partial charge in [0.2, 0.25) is 0 Å². The number of carbonyl (C=O) groups excluding carboxylic acids is 1. The van der Waals surface area contributed by atoms with Gasteiger partial charge in [0.25, 0.3) is 5.91 Å². The van der Waals surface area contributed by atoms with Crippen LogP contribution in [0.1, 0.15) is 17.3 Å². The van der Waals surface area contributed by atoms with E-state index in [-0.39, 0.29) is 5.91 Å². The lowest BCUT2D eigenvalue weighted by molar-refractivity contribution is 0.0795. The van der Waals surface area contributed by atoms with Crippen LogP contribution in [0.2, 0.25) is 5.02 Å². The first-order valence-corrected chi connectivity index (χ1v) is 4.89. The summed E-state index contributed by atoms with van der Waals surface area (Å²) in [6, 6.07) is 4.82. The number of rotatable bonds is 3. The maximum Gasteiger partial charge on any atom is 0.267 e. The Balaban J connectivity index is 2.96. The van der Waals surface area contributed by atoms with Gasteiger partial charge in [0.05, 0.1) is 11.6 Å². The molecule has 1 aromatic rings. The molecule has 0 heterocycles. The number of nitrogens with zero attached hydrogens (tertiary/aromatic N) is 1. The Labute approximate surface area is 93.5 Å². The molecule has 0 aromatic heterocycles. The summed E-state index contributed by atoms with van der Waals surface area (Å²) in [6.07, 6.45) is 0. The van der Waals surface area contributed by atoms with E-state index in [1.807, 2.05) is 6.92 Å². The van der Waals surface area contributed by atoms with Crippen LogP contribution in [0.3, 0.4) is 0 Å². The molecule has 4 nitrogen and oxygen atoms in total. The van der Waals surface area contributed by atoms with Crippen molar-refractivity contribution >= 4 is 17.5 Å². The van der Waals surface area contributed by atoms with E-state index in [0.717, 1.165) is 5.01 Å². The van der Waals surface area contributed by atoms with Crippen LogP contribution in [0.15, 0.2) is 18.2 Å². The molecule has 5 heteroatoms. The molecule has 0 spiro atoms. The Kier molecular flexibility index (Phi) is 3.94. The van der Waals surface area contributed by atoms with Gasteiger partial charge in [0, 0.05) is 12.6 Å². The molecule has 0 unspecified atom stereocenters. The molecule has 15 heavy (non-hydrogen) atoms. The van der Waals surface area contributed by atoms with E-state index in [1.165, 1.54) is 13.1 Å². The van der Waals surface area contributed by atoms with Crippen molar-refractivity contribution in [2.24, 2.45) is 5.84 Å². The van der Waals surface area contributed by atoms with Crippen molar-refractivity contribution in [2.75, 3.05) is 13.7 Å². The molecule has 0 radical (unpaired) electrons. The fourth-order valence-corrected chi connectivity index (χ4v) is 1.35. The number of nitrogens with two attached hydrogens (primary N) is 1. The average Bonchev–Trinajstić information content (AvgIpc) is 2.20. The molecule has 1 aromatic carbocycles. The number of benzene rings is 1. The van der Waals surface area contributed by atoms with Crippen molar-refractivity contribution < 1.29 is 9.53 Å². The second-order valence-electron chi connectivity index (χ2n) is 2.99. The highest BCUT2D eigenvalue weighted by Crippen LogP contribution is 2.25. The molecular formula is C10H13ClN2O2. The van der Waals surface area contributed by atoms with Crippen LogP contribution in [0.4, 0.5) is 0 Å². The first kappa shape index (κ1) is 11.8. The summed E-state index contributed by atoms with van der Waals surface area (Å²) in [6.45, 7) is 2.40. The average molecular weight is 229 g/mol. The second-order valence-corrected chi connectivity index (χ2v) is 3.40. The Hall–Kier alpha value is -1.26. The fraction of sp³-hybridized carbons (Fsp3) is 0.300. The molecule has 0 saturated carbocycles. The lowest BCUT2D eigenvalue weighted by Crippen LogP contribution is -2.33. The van der Waals surface area contributed by atoms with E-state index in [0.29, 0.717) is 22.9 Å². The second kappa shape index (κ2) is 5.00. The monoisotopic (exact) mass is 228 g/mol. The predicted molar refractivity (Wildman–Crippen MR) is 58.9 cm³/mol. The molecular weight excluding hydrogens is 216 g/mol. The third-order valence-electron chi connectivity index (χ3n) is 1.80. The van der Waals surface area contributed by atoms with Crippen LogP contribution >= 0.6 is 11.6 Å². The molecule has 1 amide bonds. The normalized spacial score (nSPS) is 9.87. The molecule has 1 rings (SSSR count). The minimum atomic E-state index is -0.292. The van der Waals surface area contributed by atoms with Gasteiger partial charge in [-0.3, -0.25) is 9.80 Å². The van der Waals surface area contributed by atoms with E-state index in [2.05, 4.69) is 0 Å². The zero-order chi connectivity index (χ0) is 11.4. The standard InChI is InChI=1S/C10H13ClN2O2/c1-3-15-9-5-4-7(6-8(9)11)10(14)13(2)12/h4-6H,3,12H2,1-2H3. The van der Waals surface area contributed by atoms with Crippen molar-refractivity contribution in [3.63, 3.8) is 0 Å². The van der Waals surface area contributed by atoms with Crippen LogP contribution in [0.5, 0.6) is 5.75 Å². The molecule has 0 aliphatic rings. The Bertz CT molecular complexity index is 366. The number of hydrazine groups is 1. The van der Waals surface area contributed by atoms with Crippen molar-refractivity contribution in [3.8, 4) is 5.75 Å². The summed E-state index contributed by atoms with van der Waals surface area (Å²) < 4.78 is 5.24.